The average molecular weight is 317 g/mol. The van der Waals surface area contributed by atoms with Gasteiger partial charge in [0.25, 0.3) is 0 Å². The molecular formula is C13H14F3N3O3. The molecule has 2 aromatic heterocycles. The lowest BCUT2D eigenvalue weighted by atomic mass is 10.1. The van der Waals surface area contributed by atoms with Crippen LogP contribution >= 0.6 is 0 Å². The van der Waals surface area contributed by atoms with Gasteiger partial charge in [0, 0.05) is 13.1 Å². The smallest absolute Gasteiger partial charge is 0.417 e. The third-order valence-corrected chi connectivity index (χ3v) is 3.08. The van der Waals surface area contributed by atoms with Crippen molar-refractivity contribution in [1.29, 1.82) is 0 Å². The van der Waals surface area contributed by atoms with E-state index < -0.39 is 28.9 Å². The molecule has 0 fully saturated rings. The van der Waals surface area contributed by atoms with Crippen LogP contribution in [0.15, 0.2) is 17.1 Å². The maximum Gasteiger partial charge on any atom is 0.417 e. The zero-order valence-electron chi connectivity index (χ0n) is 12.1. The molecule has 0 bridgehead atoms. The number of rotatable bonds is 3. The molecule has 0 aliphatic rings. The predicted molar refractivity (Wildman–Crippen MR) is 71.3 cm³/mol. The summed E-state index contributed by atoms with van der Waals surface area (Å²) in [5.41, 5.74) is -2.51. The Morgan fingerprint density at radius 3 is 2.59 bits per heavy atom. The van der Waals surface area contributed by atoms with Gasteiger partial charge in [0.05, 0.1) is 16.6 Å². The summed E-state index contributed by atoms with van der Waals surface area (Å²) in [6.07, 6.45) is -3.89. The predicted octanol–water partition coefficient (Wildman–Crippen LogP) is 2.04. The van der Waals surface area contributed by atoms with Crippen LogP contribution in [-0.4, -0.2) is 27.1 Å². The molecule has 1 N–H and O–H groups in total. The number of halogens is 3. The number of hydrogen-bond donors (Lipinski definition) is 1. The number of nitrogens with zero attached hydrogens (tertiary/aromatic N) is 2. The minimum Gasteiger partial charge on any atom is -0.463 e. The Morgan fingerprint density at radius 1 is 1.41 bits per heavy atom. The Labute approximate surface area is 122 Å². The number of ether oxygens (including phenoxy) is 1. The number of carbonyl (C=O) groups excluding carboxylic acids is 1. The van der Waals surface area contributed by atoms with Crippen molar-refractivity contribution >= 4 is 17.1 Å². The second kappa shape index (κ2) is 5.15. The van der Waals surface area contributed by atoms with E-state index in [9.17, 15) is 22.8 Å². The highest BCUT2D eigenvalue weighted by atomic mass is 19.4. The summed E-state index contributed by atoms with van der Waals surface area (Å²) >= 11 is 0. The molecule has 0 aliphatic heterocycles. The third kappa shape index (κ3) is 2.97. The fourth-order valence-corrected chi connectivity index (χ4v) is 2.05. The zero-order chi connectivity index (χ0) is 16.7. The molecule has 2 aromatic rings. The molecule has 0 saturated carbocycles. The first-order valence-corrected chi connectivity index (χ1v) is 6.34. The van der Waals surface area contributed by atoms with Gasteiger partial charge >= 0.3 is 17.8 Å². The van der Waals surface area contributed by atoms with Crippen LogP contribution in [0.4, 0.5) is 13.2 Å². The number of esters is 1. The molecule has 0 amide bonds. The number of carbonyl (C=O) groups is 1. The topological polar surface area (TPSA) is 77.0 Å². The number of imidazole rings is 1. The number of fused-ring (bicyclic) bond motifs is 1. The van der Waals surface area contributed by atoms with Crippen molar-refractivity contribution in [3.63, 3.8) is 0 Å². The highest BCUT2D eigenvalue weighted by molar-refractivity contribution is 5.72. The quantitative estimate of drug-likeness (QED) is 0.879. The molecule has 0 aromatic carbocycles. The molecule has 2 heterocycles. The lowest BCUT2D eigenvalue weighted by Crippen LogP contribution is -2.39. The number of alkyl halides is 3. The maximum absolute atomic E-state index is 12.7. The average Bonchev–Trinajstić information content (AvgIpc) is 2.71. The summed E-state index contributed by atoms with van der Waals surface area (Å²) in [6, 6.07) is 0.822. The van der Waals surface area contributed by atoms with Gasteiger partial charge in [0.2, 0.25) is 0 Å². The van der Waals surface area contributed by atoms with Crippen LogP contribution in [0.2, 0.25) is 0 Å². The highest BCUT2D eigenvalue weighted by Crippen LogP contribution is 2.30. The SMILES string of the molecule is CC(=O)OCC(C)(C)n1c(=O)[nH]c2cc(C(F)(F)F)cnc21. The van der Waals surface area contributed by atoms with E-state index in [1.807, 2.05) is 0 Å². The molecule has 2 rings (SSSR count). The van der Waals surface area contributed by atoms with Gasteiger partial charge in [0.15, 0.2) is 5.65 Å². The molecule has 0 unspecified atom stereocenters. The molecule has 6 nitrogen and oxygen atoms in total. The van der Waals surface area contributed by atoms with Gasteiger partial charge in [-0.05, 0) is 19.9 Å². The molecular weight excluding hydrogens is 303 g/mol. The largest absolute Gasteiger partial charge is 0.463 e. The van der Waals surface area contributed by atoms with Crippen LogP contribution in [-0.2, 0) is 21.2 Å². The third-order valence-electron chi connectivity index (χ3n) is 3.08. The van der Waals surface area contributed by atoms with Crippen molar-refractivity contribution < 1.29 is 22.7 Å². The normalized spacial score (nSPS) is 12.6. The van der Waals surface area contributed by atoms with Crippen molar-refractivity contribution in [3.8, 4) is 0 Å². The first kappa shape index (κ1) is 16.1. The number of aromatic amines is 1. The molecule has 120 valence electrons. The maximum atomic E-state index is 12.7. The van der Waals surface area contributed by atoms with Crippen LogP contribution in [0.5, 0.6) is 0 Å². The van der Waals surface area contributed by atoms with Crippen molar-refractivity contribution in [2.45, 2.75) is 32.5 Å². The fraction of sp³-hybridized carbons (Fsp3) is 0.462. The summed E-state index contributed by atoms with van der Waals surface area (Å²) in [4.78, 5) is 29.0. The van der Waals surface area contributed by atoms with E-state index in [1.54, 1.807) is 13.8 Å². The minimum absolute atomic E-state index is 0.0317. The highest BCUT2D eigenvalue weighted by Gasteiger charge is 2.33. The first-order chi connectivity index (χ1) is 10.0. The van der Waals surface area contributed by atoms with Crippen molar-refractivity contribution in [2.75, 3.05) is 6.61 Å². The van der Waals surface area contributed by atoms with Gasteiger partial charge in [-0.1, -0.05) is 0 Å². The van der Waals surface area contributed by atoms with Crippen LogP contribution in [0.25, 0.3) is 11.2 Å². The number of nitrogens with one attached hydrogen (secondary N) is 1. The zero-order valence-corrected chi connectivity index (χ0v) is 12.1. The Kier molecular flexibility index (Phi) is 3.76. The molecule has 22 heavy (non-hydrogen) atoms. The Balaban J connectivity index is 2.54. The summed E-state index contributed by atoms with van der Waals surface area (Å²) < 4.78 is 44.1. The number of H-pyrrole nitrogens is 1. The van der Waals surface area contributed by atoms with Crippen molar-refractivity contribution in [1.82, 2.24) is 14.5 Å². The van der Waals surface area contributed by atoms with Crippen LogP contribution in [0, 0.1) is 0 Å². The molecule has 0 spiro atoms. The Bertz CT molecular complexity index is 774. The minimum atomic E-state index is -4.55. The van der Waals surface area contributed by atoms with E-state index in [4.69, 9.17) is 4.74 Å². The summed E-state index contributed by atoms with van der Waals surface area (Å²) in [6.45, 7) is 4.34. The van der Waals surface area contributed by atoms with E-state index in [2.05, 4.69) is 9.97 Å². The second-order valence-electron chi connectivity index (χ2n) is 5.45. The molecule has 0 aliphatic carbocycles. The molecule has 0 radical (unpaired) electrons. The van der Waals surface area contributed by atoms with Crippen LogP contribution in [0.3, 0.4) is 0 Å². The lowest BCUT2D eigenvalue weighted by Gasteiger charge is -2.25. The van der Waals surface area contributed by atoms with Gasteiger partial charge in [-0.25, -0.2) is 9.78 Å². The molecule has 0 saturated heterocycles. The molecule has 9 heteroatoms. The molecule has 0 atom stereocenters. The monoisotopic (exact) mass is 317 g/mol. The van der Waals surface area contributed by atoms with Crippen molar-refractivity contribution in [2.24, 2.45) is 0 Å². The summed E-state index contributed by atoms with van der Waals surface area (Å²) in [7, 11) is 0. The number of pyridine rings is 1. The number of hydrogen-bond acceptors (Lipinski definition) is 4. The fourth-order valence-electron chi connectivity index (χ4n) is 2.05. The van der Waals surface area contributed by atoms with Gasteiger partial charge in [-0.2, -0.15) is 13.2 Å². The van der Waals surface area contributed by atoms with Gasteiger partial charge < -0.3 is 9.72 Å². The lowest BCUT2D eigenvalue weighted by molar-refractivity contribution is -0.143. The van der Waals surface area contributed by atoms with Crippen LogP contribution < -0.4 is 5.69 Å². The second-order valence-corrected chi connectivity index (χ2v) is 5.45. The number of aromatic nitrogens is 3. The van der Waals surface area contributed by atoms with E-state index in [0.29, 0.717) is 6.20 Å². The van der Waals surface area contributed by atoms with E-state index in [1.165, 1.54) is 11.5 Å². The first-order valence-electron chi connectivity index (χ1n) is 6.34. The van der Waals surface area contributed by atoms with Gasteiger partial charge in [-0.15, -0.1) is 0 Å². The summed E-state index contributed by atoms with van der Waals surface area (Å²) in [5, 5.41) is 0. The van der Waals surface area contributed by atoms with E-state index in [-0.39, 0.29) is 17.8 Å². The Hall–Kier alpha value is -2.32. The summed E-state index contributed by atoms with van der Waals surface area (Å²) in [5.74, 6) is -0.520. The van der Waals surface area contributed by atoms with Gasteiger partial charge in [0.1, 0.15) is 6.61 Å². The van der Waals surface area contributed by atoms with Crippen molar-refractivity contribution in [3.05, 3.63) is 28.3 Å². The standard InChI is InChI=1S/C13H14F3N3O3/c1-7(20)22-6-12(2,3)19-10-9(18-11(19)21)4-8(5-17-10)13(14,15)16/h4-5H,6H2,1-3H3,(H,18,21). The van der Waals surface area contributed by atoms with Crippen LogP contribution in [0.1, 0.15) is 26.3 Å². The van der Waals surface area contributed by atoms with Gasteiger partial charge in [-0.3, -0.25) is 9.36 Å². The Morgan fingerprint density at radius 2 is 2.05 bits per heavy atom. The van der Waals surface area contributed by atoms with E-state index >= 15 is 0 Å². The van der Waals surface area contributed by atoms with E-state index in [0.717, 1.165) is 6.07 Å².